The number of benzene rings is 2. The summed E-state index contributed by atoms with van der Waals surface area (Å²) in [6, 6.07) is 6.28. The molecule has 0 radical (unpaired) electrons. The Kier molecular flexibility index (Phi) is 4.22. The van der Waals surface area contributed by atoms with Crippen molar-refractivity contribution in [1.82, 2.24) is 0 Å². The maximum absolute atomic E-state index is 12.1. The topological polar surface area (TPSA) is 141 Å². The van der Waals surface area contributed by atoms with Gasteiger partial charge in [0.2, 0.25) is 0 Å². The lowest BCUT2D eigenvalue weighted by molar-refractivity contribution is 0.0697. The van der Waals surface area contributed by atoms with Crippen LogP contribution in [0.1, 0.15) is 26.3 Å². The summed E-state index contributed by atoms with van der Waals surface area (Å²) >= 11 is 0. The van der Waals surface area contributed by atoms with Crippen LogP contribution in [0.3, 0.4) is 0 Å². The highest BCUT2D eigenvalue weighted by molar-refractivity contribution is 6.11. The lowest BCUT2D eigenvalue weighted by Crippen LogP contribution is -2.05. The van der Waals surface area contributed by atoms with E-state index in [-0.39, 0.29) is 28.3 Å². The number of carbonyl (C=O) groups excluding carboxylic acids is 1. The van der Waals surface area contributed by atoms with Gasteiger partial charge in [0.25, 0.3) is 0 Å². The van der Waals surface area contributed by atoms with Crippen molar-refractivity contribution in [2.45, 2.75) is 0 Å². The van der Waals surface area contributed by atoms with Crippen molar-refractivity contribution in [1.29, 1.82) is 0 Å². The third-order valence-corrected chi connectivity index (χ3v) is 3.14. The number of rotatable bonds is 4. The highest BCUT2D eigenvalue weighted by Gasteiger charge is 2.17. The average molecular weight is 315 g/mol. The van der Waals surface area contributed by atoms with E-state index in [0.717, 1.165) is 18.2 Å². The Morgan fingerprint density at radius 2 is 1.61 bits per heavy atom. The quantitative estimate of drug-likeness (QED) is 0.251. The lowest BCUT2D eigenvalue weighted by atomic mass is 10.0. The summed E-state index contributed by atoms with van der Waals surface area (Å²) in [5.41, 5.74) is 5.11. The number of allylic oxidation sites excluding steroid dienone is 1. The monoisotopic (exact) mass is 315 g/mol. The summed E-state index contributed by atoms with van der Waals surface area (Å²) in [7, 11) is 0. The van der Waals surface area contributed by atoms with Crippen molar-refractivity contribution in [3.63, 3.8) is 0 Å². The lowest BCUT2D eigenvalue weighted by Gasteiger charge is -2.07. The zero-order valence-corrected chi connectivity index (χ0v) is 11.7. The maximum Gasteiger partial charge on any atom is 0.337 e. The van der Waals surface area contributed by atoms with Crippen LogP contribution in [0, 0.1) is 0 Å². The number of aromatic hydroxyl groups is 3. The number of nitrogen functional groups attached to an aromatic ring is 1. The van der Waals surface area contributed by atoms with Gasteiger partial charge in [-0.25, -0.2) is 4.79 Å². The third kappa shape index (κ3) is 3.24. The first kappa shape index (κ1) is 15.9. The fourth-order valence-corrected chi connectivity index (χ4v) is 1.90. The number of aromatic carboxylic acids is 1. The van der Waals surface area contributed by atoms with Crippen LogP contribution >= 0.6 is 0 Å². The Labute approximate surface area is 130 Å². The Balaban J connectivity index is 2.30. The Hall–Kier alpha value is -3.48. The molecule has 0 fully saturated rings. The van der Waals surface area contributed by atoms with Gasteiger partial charge in [0.15, 0.2) is 17.3 Å². The van der Waals surface area contributed by atoms with Gasteiger partial charge in [-0.05, 0) is 35.9 Å². The number of phenolic OH excluding ortho intramolecular Hbond substituents is 3. The van der Waals surface area contributed by atoms with Crippen LogP contribution in [0.15, 0.2) is 36.4 Å². The Morgan fingerprint density at radius 3 is 2.22 bits per heavy atom. The van der Waals surface area contributed by atoms with E-state index < -0.39 is 17.5 Å². The molecule has 0 spiro atoms. The molecular formula is C16H13NO6. The van der Waals surface area contributed by atoms with Gasteiger partial charge >= 0.3 is 5.97 Å². The largest absolute Gasteiger partial charge is 0.505 e. The number of hydrogen-bond acceptors (Lipinski definition) is 6. The molecule has 0 amide bonds. The Bertz CT molecular complexity index is 826. The fourth-order valence-electron chi connectivity index (χ4n) is 1.90. The molecule has 0 aliphatic heterocycles. The van der Waals surface area contributed by atoms with E-state index in [4.69, 9.17) is 10.8 Å². The maximum atomic E-state index is 12.1. The van der Waals surface area contributed by atoms with Crippen LogP contribution in [-0.4, -0.2) is 32.2 Å². The van der Waals surface area contributed by atoms with Gasteiger partial charge in [0.1, 0.15) is 5.75 Å². The predicted octanol–water partition coefficient (Wildman–Crippen LogP) is 1.98. The molecule has 0 heterocycles. The molecule has 6 N–H and O–H groups in total. The minimum Gasteiger partial charge on any atom is -0.505 e. The second-order valence-electron chi connectivity index (χ2n) is 4.67. The van der Waals surface area contributed by atoms with Crippen LogP contribution in [0.25, 0.3) is 6.08 Å². The summed E-state index contributed by atoms with van der Waals surface area (Å²) in [4.78, 5) is 23.0. The summed E-state index contributed by atoms with van der Waals surface area (Å²) in [5, 5.41) is 37.3. The zero-order valence-electron chi connectivity index (χ0n) is 11.7. The van der Waals surface area contributed by atoms with Gasteiger partial charge in [-0.15, -0.1) is 0 Å². The third-order valence-electron chi connectivity index (χ3n) is 3.14. The SMILES string of the molecule is Nc1c(C(=O)O)ccc(C(=O)C=Cc2ccc(O)c(O)c2)c1O. The minimum atomic E-state index is -1.31. The second-order valence-corrected chi connectivity index (χ2v) is 4.67. The van der Waals surface area contributed by atoms with Crippen LogP contribution in [0.5, 0.6) is 17.2 Å². The van der Waals surface area contributed by atoms with E-state index in [9.17, 15) is 24.9 Å². The molecule has 0 aliphatic carbocycles. The summed E-state index contributed by atoms with van der Waals surface area (Å²) in [5.74, 6) is -3.14. The minimum absolute atomic E-state index is 0.147. The molecule has 118 valence electrons. The van der Waals surface area contributed by atoms with Crippen molar-refractivity contribution < 1.29 is 30.0 Å². The number of carbonyl (C=O) groups is 2. The molecular weight excluding hydrogens is 302 g/mol. The van der Waals surface area contributed by atoms with Crippen LogP contribution in [0.4, 0.5) is 5.69 Å². The van der Waals surface area contributed by atoms with Gasteiger partial charge in [-0.3, -0.25) is 4.79 Å². The molecule has 0 saturated carbocycles. The standard InChI is InChI=1S/C16H13NO6/c17-14-10(16(22)23)4-3-9(15(14)21)11(18)5-1-8-2-6-12(19)13(20)7-8/h1-7,19-21H,17H2,(H,22,23). The van der Waals surface area contributed by atoms with E-state index in [2.05, 4.69) is 0 Å². The normalized spacial score (nSPS) is 10.8. The predicted molar refractivity (Wildman–Crippen MR) is 82.6 cm³/mol. The zero-order chi connectivity index (χ0) is 17.1. The number of hydrogen-bond donors (Lipinski definition) is 5. The van der Waals surface area contributed by atoms with Gasteiger partial charge in [-0.1, -0.05) is 12.1 Å². The molecule has 2 rings (SSSR count). The number of carboxylic acids is 1. The second kappa shape index (κ2) is 6.10. The molecule has 2 aromatic carbocycles. The molecule has 0 unspecified atom stereocenters. The molecule has 0 bridgehead atoms. The smallest absolute Gasteiger partial charge is 0.337 e. The van der Waals surface area contributed by atoms with Crippen molar-refractivity contribution >= 4 is 23.5 Å². The average Bonchev–Trinajstić information content (AvgIpc) is 2.50. The van der Waals surface area contributed by atoms with Crippen LogP contribution in [0.2, 0.25) is 0 Å². The van der Waals surface area contributed by atoms with E-state index in [0.29, 0.717) is 5.56 Å². The van der Waals surface area contributed by atoms with E-state index in [1.165, 1.54) is 24.3 Å². The number of phenols is 3. The van der Waals surface area contributed by atoms with E-state index in [1.54, 1.807) is 0 Å². The molecule has 7 heteroatoms. The van der Waals surface area contributed by atoms with Crippen LogP contribution in [-0.2, 0) is 0 Å². The van der Waals surface area contributed by atoms with Gasteiger partial charge in [-0.2, -0.15) is 0 Å². The van der Waals surface area contributed by atoms with E-state index >= 15 is 0 Å². The van der Waals surface area contributed by atoms with Gasteiger partial charge in [0, 0.05) is 0 Å². The molecule has 23 heavy (non-hydrogen) atoms. The molecule has 7 nitrogen and oxygen atoms in total. The number of ketones is 1. The highest BCUT2D eigenvalue weighted by atomic mass is 16.4. The van der Waals surface area contributed by atoms with Crippen LogP contribution < -0.4 is 5.73 Å². The number of carboxylic acid groups (broad SMARTS) is 1. The van der Waals surface area contributed by atoms with Gasteiger partial charge in [0.05, 0.1) is 16.8 Å². The number of nitrogens with two attached hydrogens (primary N) is 1. The molecule has 0 atom stereocenters. The first-order valence-electron chi connectivity index (χ1n) is 6.40. The summed E-state index contributed by atoms with van der Waals surface area (Å²) < 4.78 is 0. The first-order chi connectivity index (χ1) is 10.8. The molecule has 0 aliphatic rings. The first-order valence-corrected chi connectivity index (χ1v) is 6.40. The van der Waals surface area contributed by atoms with Crippen molar-refractivity contribution in [3.05, 3.63) is 53.1 Å². The van der Waals surface area contributed by atoms with Crippen molar-refractivity contribution in [2.24, 2.45) is 0 Å². The van der Waals surface area contributed by atoms with Crippen molar-refractivity contribution in [3.8, 4) is 17.2 Å². The molecule has 2 aromatic rings. The summed E-state index contributed by atoms with van der Waals surface area (Å²) in [6.07, 6.45) is 2.49. The highest BCUT2D eigenvalue weighted by Crippen LogP contribution is 2.30. The number of anilines is 1. The fraction of sp³-hybridized carbons (Fsp3) is 0. The molecule has 0 aromatic heterocycles. The Morgan fingerprint density at radius 1 is 0.957 bits per heavy atom. The van der Waals surface area contributed by atoms with Crippen molar-refractivity contribution in [2.75, 3.05) is 5.73 Å². The van der Waals surface area contributed by atoms with E-state index in [1.807, 2.05) is 0 Å². The van der Waals surface area contributed by atoms with Gasteiger partial charge < -0.3 is 26.2 Å². The summed E-state index contributed by atoms with van der Waals surface area (Å²) in [6.45, 7) is 0. The molecule has 0 saturated heterocycles.